The van der Waals surface area contributed by atoms with Gasteiger partial charge in [0.05, 0.1) is 11.0 Å². The summed E-state index contributed by atoms with van der Waals surface area (Å²) < 4.78 is 4.95. The SMILES string of the molecule is CC1CC=Cc2c1n(-c1ccc(-c3ccc(Cc4ccc(-c5ccc(-c6ccc(-n7c8c(c9ccccc97)C=CCC8C)cc6)cc5)cc4)cc3)cc1)c1ccccc21. The average Bonchev–Trinajstić information content (AvgIpc) is 3.82. The van der Waals surface area contributed by atoms with Crippen LogP contribution in [-0.2, 0) is 6.42 Å². The van der Waals surface area contributed by atoms with Crippen LogP contribution in [0.3, 0.4) is 0 Å². The molecule has 9 aromatic rings. The Morgan fingerprint density at radius 3 is 1.08 bits per heavy atom. The van der Waals surface area contributed by atoms with Crippen LogP contribution in [-0.4, -0.2) is 9.13 Å². The minimum absolute atomic E-state index is 0.482. The molecule has 0 saturated heterocycles. The van der Waals surface area contributed by atoms with E-state index in [4.69, 9.17) is 0 Å². The number of rotatable bonds is 7. The van der Waals surface area contributed by atoms with Crippen molar-refractivity contribution in [3.63, 3.8) is 0 Å². The molecule has 11 rings (SSSR count). The monoisotopic (exact) mass is 758 g/mol. The van der Waals surface area contributed by atoms with Crippen molar-refractivity contribution < 1.29 is 0 Å². The number of aromatic nitrogens is 2. The maximum atomic E-state index is 2.47. The molecule has 0 bridgehead atoms. The Morgan fingerprint density at radius 2 is 0.712 bits per heavy atom. The zero-order valence-electron chi connectivity index (χ0n) is 33.6. The van der Waals surface area contributed by atoms with Crippen molar-refractivity contribution in [2.75, 3.05) is 0 Å². The van der Waals surface area contributed by atoms with Crippen molar-refractivity contribution in [1.82, 2.24) is 9.13 Å². The van der Waals surface area contributed by atoms with Gasteiger partial charge in [-0.25, -0.2) is 0 Å². The van der Waals surface area contributed by atoms with E-state index in [2.05, 4.69) is 217 Å². The third-order valence-electron chi connectivity index (χ3n) is 12.8. The van der Waals surface area contributed by atoms with Gasteiger partial charge in [0.25, 0.3) is 0 Å². The summed E-state index contributed by atoms with van der Waals surface area (Å²) in [6.45, 7) is 4.69. The van der Waals surface area contributed by atoms with Gasteiger partial charge in [0.15, 0.2) is 0 Å². The fraction of sp³-hybridized carbons (Fsp3) is 0.123. The maximum Gasteiger partial charge on any atom is 0.0537 e. The Kier molecular flexibility index (Phi) is 8.66. The minimum Gasteiger partial charge on any atom is -0.313 e. The first-order valence-electron chi connectivity index (χ1n) is 21.2. The molecule has 0 amide bonds. The van der Waals surface area contributed by atoms with Gasteiger partial charge in [0.1, 0.15) is 0 Å². The second-order valence-corrected chi connectivity index (χ2v) is 16.6. The fourth-order valence-electron chi connectivity index (χ4n) is 9.78. The summed E-state index contributed by atoms with van der Waals surface area (Å²) in [5.74, 6) is 0.967. The molecule has 0 N–H and O–H groups in total. The normalized spacial score (nSPS) is 15.8. The Morgan fingerprint density at radius 1 is 0.390 bits per heavy atom. The Bertz CT molecular complexity index is 3040. The zero-order valence-corrected chi connectivity index (χ0v) is 33.6. The van der Waals surface area contributed by atoms with Crippen LogP contribution in [0, 0.1) is 0 Å². The molecule has 0 fully saturated rings. The lowest BCUT2D eigenvalue weighted by atomic mass is 9.93. The topological polar surface area (TPSA) is 9.86 Å². The summed E-state index contributed by atoms with van der Waals surface area (Å²) in [5, 5.41) is 2.66. The zero-order chi connectivity index (χ0) is 39.5. The predicted molar refractivity (Wildman–Crippen MR) is 250 cm³/mol. The van der Waals surface area contributed by atoms with Crippen molar-refractivity contribution >= 4 is 34.0 Å². The van der Waals surface area contributed by atoms with Crippen LogP contribution in [0.15, 0.2) is 182 Å². The molecule has 7 aromatic carbocycles. The molecule has 2 heterocycles. The second-order valence-electron chi connectivity index (χ2n) is 16.6. The number of para-hydroxylation sites is 2. The van der Waals surface area contributed by atoms with Gasteiger partial charge in [-0.2, -0.15) is 0 Å². The molecule has 59 heavy (non-hydrogen) atoms. The summed E-state index contributed by atoms with van der Waals surface area (Å²) in [7, 11) is 0. The molecule has 2 aliphatic carbocycles. The minimum atomic E-state index is 0.482. The van der Waals surface area contributed by atoms with Crippen molar-refractivity contribution in [2.24, 2.45) is 0 Å². The first-order valence-corrected chi connectivity index (χ1v) is 21.2. The molecule has 0 spiro atoms. The number of fused-ring (bicyclic) bond motifs is 6. The van der Waals surface area contributed by atoms with Gasteiger partial charge in [-0.15, -0.1) is 0 Å². The Hall–Kier alpha value is -6.90. The first kappa shape index (κ1) is 35.3. The summed E-state index contributed by atoms with van der Waals surface area (Å²) in [6.07, 6.45) is 12.3. The molecule has 0 radical (unpaired) electrons. The highest BCUT2D eigenvalue weighted by Gasteiger charge is 2.24. The summed E-state index contributed by atoms with van der Waals surface area (Å²) in [6, 6.07) is 63.0. The summed E-state index contributed by atoms with van der Waals surface area (Å²) >= 11 is 0. The molecule has 0 aliphatic heterocycles. The molecule has 2 unspecified atom stereocenters. The van der Waals surface area contributed by atoms with Crippen molar-refractivity contribution in [3.8, 4) is 44.8 Å². The van der Waals surface area contributed by atoms with E-state index < -0.39 is 0 Å². The number of allylic oxidation sites excluding steroid dienone is 2. The largest absolute Gasteiger partial charge is 0.313 e. The van der Waals surface area contributed by atoms with Crippen LogP contribution in [0.4, 0.5) is 0 Å². The predicted octanol–water partition coefficient (Wildman–Crippen LogP) is 15.2. The van der Waals surface area contributed by atoms with Crippen LogP contribution >= 0.6 is 0 Å². The third-order valence-corrected chi connectivity index (χ3v) is 12.8. The fourth-order valence-corrected chi connectivity index (χ4v) is 9.78. The molecule has 0 saturated carbocycles. The number of hydrogen-bond donors (Lipinski definition) is 0. The van der Waals surface area contributed by atoms with E-state index in [9.17, 15) is 0 Å². The maximum absolute atomic E-state index is 2.47. The van der Waals surface area contributed by atoms with E-state index in [0.717, 1.165) is 19.3 Å². The van der Waals surface area contributed by atoms with Gasteiger partial charge in [0, 0.05) is 56.5 Å². The van der Waals surface area contributed by atoms with E-state index in [1.54, 1.807) is 0 Å². The molecule has 2 aromatic heterocycles. The first-order chi connectivity index (χ1) is 29.1. The quantitative estimate of drug-likeness (QED) is 0.153. The van der Waals surface area contributed by atoms with Gasteiger partial charge in [0.2, 0.25) is 0 Å². The molecule has 2 atom stereocenters. The van der Waals surface area contributed by atoms with Crippen molar-refractivity contribution in [2.45, 2.75) is 44.9 Å². The average molecular weight is 759 g/mol. The van der Waals surface area contributed by atoms with Crippen LogP contribution in [0.1, 0.15) is 72.2 Å². The van der Waals surface area contributed by atoms with Crippen LogP contribution < -0.4 is 0 Å². The van der Waals surface area contributed by atoms with Crippen LogP contribution in [0.5, 0.6) is 0 Å². The summed E-state index contributed by atoms with van der Waals surface area (Å²) in [4.78, 5) is 0. The standard InChI is InChI=1S/C57H46N2/c1-38-9-7-13-52-50-11-3-5-15-54(50)58(56(38)52)48-33-29-46(30-34-48)43-23-19-41(20-24-43)37-40-17-21-42(22-18-40)44-25-27-45(28-26-44)47-31-35-49(36-32-47)59-55-16-6-4-12-51(55)53-14-8-10-39(2)57(53)59/h3-8,11-36,38-39H,9-10,37H2,1-2H3. The number of hydrogen-bond acceptors (Lipinski definition) is 0. The van der Waals surface area contributed by atoms with E-state index in [-0.39, 0.29) is 0 Å². The molecule has 284 valence electrons. The Labute approximate surface area is 347 Å². The van der Waals surface area contributed by atoms with Crippen LogP contribution in [0.2, 0.25) is 0 Å². The van der Waals surface area contributed by atoms with E-state index in [1.807, 2.05) is 0 Å². The lowest BCUT2D eigenvalue weighted by Crippen LogP contribution is -2.06. The van der Waals surface area contributed by atoms with Crippen molar-refractivity contribution in [1.29, 1.82) is 0 Å². The Balaban J connectivity index is 0.764. The smallest absolute Gasteiger partial charge is 0.0537 e. The lowest BCUT2D eigenvalue weighted by Gasteiger charge is -2.19. The molecule has 2 aliphatic rings. The van der Waals surface area contributed by atoms with Gasteiger partial charge in [-0.1, -0.05) is 172 Å². The van der Waals surface area contributed by atoms with Crippen LogP contribution in [0.25, 0.3) is 78.7 Å². The number of benzene rings is 7. The van der Waals surface area contributed by atoms with E-state index in [1.165, 1.54) is 100 Å². The second kappa shape index (κ2) is 14.5. The highest BCUT2D eigenvalue weighted by molar-refractivity contribution is 5.95. The third kappa shape index (κ3) is 6.19. The van der Waals surface area contributed by atoms with Gasteiger partial charge >= 0.3 is 0 Å². The van der Waals surface area contributed by atoms with E-state index in [0.29, 0.717) is 11.8 Å². The molecular formula is C57H46N2. The van der Waals surface area contributed by atoms with Gasteiger partial charge in [-0.3, -0.25) is 0 Å². The molecule has 2 heteroatoms. The number of nitrogens with zero attached hydrogens (tertiary/aromatic N) is 2. The highest BCUT2D eigenvalue weighted by atomic mass is 15.0. The summed E-state index contributed by atoms with van der Waals surface area (Å²) in [5.41, 5.74) is 20.6. The molecular weight excluding hydrogens is 713 g/mol. The van der Waals surface area contributed by atoms with E-state index >= 15 is 0 Å². The highest BCUT2D eigenvalue weighted by Crippen LogP contribution is 2.41. The lowest BCUT2D eigenvalue weighted by molar-refractivity contribution is 0.723. The van der Waals surface area contributed by atoms with Crippen molar-refractivity contribution in [3.05, 3.63) is 216 Å². The van der Waals surface area contributed by atoms with Gasteiger partial charge < -0.3 is 9.13 Å². The van der Waals surface area contributed by atoms with Gasteiger partial charge in [-0.05, 0) is 100 Å². The molecule has 2 nitrogen and oxygen atoms in total.